The maximum Gasteiger partial charge on any atom is 0.397 e. The Morgan fingerprint density at radius 3 is 2.50 bits per heavy atom. The molecule has 0 unspecified atom stereocenters. The van der Waals surface area contributed by atoms with Gasteiger partial charge < -0.3 is 10.6 Å². The second kappa shape index (κ2) is 6.98. The van der Waals surface area contributed by atoms with E-state index < -0.39 is 10.4 Å². The van der Waals surface area contributed by atoms with E-state index in [1.807, 2.05) is 0 Å². The van der Waals surface area contributed by atoms with Crippen LogP contribution in [-0.4, -0.2) is 33.0 Å². The smallest absolute Gasteiger partial charge is 0.384 e. The van der Waals surface area contributed by atoms with Crippen LogP contribution in [0.25, 0.3) is 0 Å². The first-order valence-electron chi connectivity index (χ1n) is 5.37. The zero-order valence-electron chi connectivity index (χ0n) is 10.6. The average molecular weight is 303 g/mol. The fourth-order valence-electron chi connectivity index (χ4n) is 1.27. The van der Waals surface area contributed by atoms with Gasteiger partial charge >= 0.3 is 10.4 Å². The predicted molar refractivity (Wildman–Crippen MR) is 73.1 cm³/mol. The van der Waals surface area contributed by atoms with E-state index in [1.54, 1.807) is 29.2 Å². The summed E-state index contributed by atoms with van der Waals surface area (Å²) in [5, 5.41) is 0. The number of benzene rings is 1. The van der Waals surface area contributed by atoms with Crippen molar-refractivity contribution in [2.45, 2.75) is 0 Å². The highest BCUT2D eigenvalue weighted by molar-refractivity contribution is 7.80. The molecular weight excluding hydrogens is 289 g/mol. The molecule has 0 amide bonds. The molecule has 2 rings (SSSR count). The van der Waals surface area contributed by atoms with Gasteiger partial charge in [0.25, 0.3) is 0 Å². The first-order valence-corrected chi connectivity index (χ1v) is 6.74. The molecule has 0 atom stereocenters. The summed E-state index contributed by atoms with van der Waals surface area (Å²) in [6, 6.07) is 6.57. The lowest BCUT2D eigenvalue weighted by Gasteiger charge is -2.20. The molecule has 0 spiro atoms. The van der Waals surface area contributed by atoms with Crippen molar-refractivity contribution in [3.05, 3.63) is 42.0 Å². The molecule has 1 aromatic carbocycles. The molecule has 110 valence electrons. The Bertz CT molecular complexity index is 616. The van der Waals surface area contributed by atoms with Gasteiger partial charge in [0.15, 0.2) is 0 Å². The summed E-state index contributed by atoms with van der Waals surface area (Å²) in [7, 11) is -3.29. The van der Waals surface area contributed by atoms with Gasteiger partial charge in [0, 0.05) is 6.54 Å². The van der Waals surface area contributed by atoms with Crippen LogP contribution in [-0.2, 0) is 14.6 Å². The third-order valence-corrected chi connectivity index (χ3v) is 2.64. The lowest BCUT2D eigenvalue weighted by Crippen LogP contribution is -2.26. The largest absolute Gasteiger partial charge is 0.397 e. The number of anilines is 1. The van der Waals surface area contributed by atoms with Gasteiger partial charge in [0.2, 0.25) is 0 Å². The van der Waals surface area contributed by atoms with Crippen molar-refractivity contribution in [3.63, 3.8) is 0 Å². The van der Waals surface area contributed by atoms with Crippen molar-refractivity contribution < 1.29 is 21.5 Å². The van der Waals surface area contributed by atoms with Crippen molar-refractivity contribution >= 4 is 22.4 Å². The topological polar surface area (TPSA) is 105 Å². The van der Waals surface area contributed by atoms with Gasteiger partial charge in [0.05, 0.1) is 19.1 Å². The van der Waals surface area contributed by atoms with E-state index in [1.165, 1.54) is 12.4 Å². The van der Waals surface area contributed by atoms with Gasteiger partial charge in [-0.15, -0.1) is 0 Å². The highest BCUT2D eigenvalue weighted by atomic mass is 32.3. The Balaban J connectivity index is 0.000000286. The van der Waals surface area contributed by atoms with E-state index in [4.69, 9.17) is 10.3 Å². The second-order valence-electron chi connectivity index (χ2n) is 3.57. The summed E-state index contributed by atoms with van der Waals surface area (Å²) in [6.07, 6.45) is 3.28. The summed E-state index contributed by atoms with van der Waals surface area (Å²) in [4.78, 5) is 5.60. The van der Waals surface area contributed by atoms with Crippen molar-refractivity contribution in [3.8, 4) is 0 Å². The minimum Gasteiger partial charge on any atom is -0.384 e. The molecule has 0 radical (unpaired) electrons. The van der Waals surface area contributed by atoms with Crippen LogP contribution in [0.1, 0.15) is 0 Å². The van der Waals surface area contributed by atoms with Gasteiger partial charge in [-0.3, -0.25) is 8.74 Å². The fraction of sp³-hybridized carbons (Fsp3) is 0.182. The molecule has 7 nitrogen and oxygen atoms in total. The van der Waals surface area contributed by atoms with Crippen molar-refractivity contribution in [1.82, 2.24) is 0 Å². The first-order chi connectivity index (χ1) is 9.33. The number of nitrogens with zero attached hydrogens (tertiary/aromatic N) is 2. The Morgan fingerprint density at radius 1 is 1.45 bits per heavy atom. The Morgan fingerprint density at radius 2 is 2.05 bits per heavy atom. The zero-order valence-corrected chi connectivity index (χ0v) is 11.4. The molecule has 0 saturated carbocycles. The molecule has 20 heavy (non-hydrogen) atoms. The van der Waals surface area contributed by atoms with Crippen molar-refractivity contribution in [1.29, 1.82) is 0 Å². The van der Waals surface area contributed by atoms with Gasteiger partial charge in [-0.1, -0.05) is 12.1 Å². The highest BCUT2D eigenvalue weighted by Crippen LogP contribution is 2.18. The van der Waals surface area contributed by atoms with Crippen molar-refractivity contribution in [2.75, 3.05) is 18.6 Å². The Hall–Kier alpha value is -1.97. The standard InChI is InChI=1S/C10H10FN3.CH4O4S/c11-8-3-1-2-4-9(8)14-6-5-10(12)13-7-14;1-5-6(2,3)4/h1-5,7H,6,12H2;1H3,(H,2,3,4). The zero-order chi connectivity index (χ0) is 15.2. The molecule has 0 aromatic heterocycles. The normalized spacial score (nSPS) is 14.3. The lowest BCUT2D eigenvalue weighted by atomic mass is 10.2. The Kier molecular flexibility index (Phi) is 5.62. The van der Waals surface area contributed by atoms with Gasteiger partial charge in [-0.2, -0.15) is 8.42 Å². The number of nitrogens with two attached hydrogens (primary N) is 1. The summed E-state index contributed by atoms with van der Waals surface area (Å²) >= 11 is 0. The lowest BCUT2D eigenvalue weighted by molar-refractivity contribution is 0.324. The van der Waals surface area contributed by atoms with E-state index in [2.05, 4.69) is 9.18 Å². The molecule has 3 N–H and O–H groups in total. The second-order valence-corrected chi connectivity index (χ2v) is 4.76. The minimum atomic E-state index is -4.16. The SMILES string of the molecule is COS(=O)(=O)O.NC1=CCN(c2ccccc2F)C=N1. The minimum absolute atomic E-state index is 0.257. The molecule has 1 aliphatic heterocycles. The van der Waals surface area contributed by atoms with Gasteiger partial charge in [0.1, 0.15) is 11.6 Å². The molecule has 9 heteroatoms. The molecule has 0 saturated heterocycles. The van der Waals surface area contributed by atoms with Crippen LogP contribution in [0.15, 0.2) is 41.2 Å². The number of para-hydroxylation sites is 1. The van der Waals surface area contributed by atoms with Crippen LogP contribution in [0.3, 0.4) is 0 Å². The van der Waals surface area contributed by atoms with Crippen LogP contribution in [0.4, 0.5) is 10.1 Å². The molecule has 0 fully saturated rings. The van der Waals surface area contributed by atoms with Crippen LogP contribution in [0.5, 0.6) is 0 Å². The van der Waals surface area contributed by atoms with E-state index in [-0.39, 0.29) is 5.82 Å². The maximum atomic E-state index is 13.3. The predicted octanol–water partition coefficient (Wildman–Crippen LogP) is 0.910. The molecule has 1 aromatic rings. The van der Waals surface area contributed by atoms with Crippen LogP contribution < -0.4 is 10.6 Å². The third kappa shape index (κ3) is 5.34. The summed E-state index contributed by atoms with van der Waals surface area (Å²) in [6.45, 7) is 0.552. The highest BCUT2D eigenvalue weighted by Gasteiger charge is 2.10. The quantitative estimate of drug-likeness (QED) is 0.787. The van der Waals surface area contributed by atoms with Gasteiger partial charge in [-0.25, -0.2) is 9.38 Å². The van der Waals surface area contributed by atoms with Gasteiger partial charge in [-0.05, 0) is 18.2 Å². The summed E-state index contributed by atoms with van der Waals surface area (Å²) in [5.41, 5.74) is 5.97. The van der Waals surface area contributed by atoms with Crippen LogP contribution in [0.2, 0.25) is 0 Å². The number of hydrogen-bond donors (Lipinski definition) is 2. The third-order valence-electron chi connectivity index (χ3n) is 2.22. The van der Waals surface area contributed by atoms with E-state index in [9.17, 15) is 12.8 Å². The summed E-state index contributed by atoms with van der Waals surface area (Å²) in [5.74, 6) is 0.213. The van der Waals surface area contributed by atoms with E-state index in [0.29, 0.717) is 18.1 Å². The average Bonchev–Trinajstić information content (AvgIpc) is 2.40. The maximum absolute atomic E-state index is 13.3. The Labute approximate surface area is 116 Å². The summed E-state index contributed by atoms with van der Waals surface area (Å²) < 4.78 is 43.0. The number of rotatable bonds is 2. The molecule has 0 aliphatic carbocycles. The van der Waals surface area contributed by atoms with E-state index in [0.717, 1.165) is 7.11 Å². The molecular formula is C11H14FN3O4S. The monoisotopic (exact) mass is 303 g/mol. The number of hydrogen-bond acceptors (Lipinski definition) is 6. The fourth-order valence-corrected chi connectivity index (χ4v) is 1.27. The van der Waals surface area contributed by atoms with Crippen LogP contribution in [0, 0.1) is 5.82 Å². The number of aliphatic imine (C=N–C) groups is 1. The van der Waals surface area contributed by atoms with E-state index >= 15 is 0 Å². The first kappa shape index (κ1) is 16.1. The molecule has 0 bridgehead atoms. The van der Waals surface area contributed by atoms with Crippen molar-refractivity contribution in [2.24, 2.45) is 10.7 Å². The van der Waals surface area contributed by atoms with Crippen LogP contribution >= 0.6 is 0 Å². The molecule has 1 aliphatic rings. The molecule has 1 heterocycles. The number of halogens is 1.